The fourth-order valence-electron chi connectivity index (χ4n) is 2.05. The van der Waals surface area contributed by atoms with Crippen molar-refractivity contribution in [2.24, 2.45) is 5.73 Å². The van der Waals surface area contributed by atoms with Crippen molar-refractivity contribution in [3.8, 4) is 11.5 Å². The standard InChI is InChI=1S/C14H16BrNO3/c1-8-9(6-7-19-8)13(16)10-4-5-11(17-2)12(15)14(10)18-3/h4-7,13H,16H2,1-3H3. The third-order valence-electron chi connectivity index (χ3n) is 3.09. The van der Waals surface area contributed by atoms with Crippen molar-refractivity contribution < 1.29 is 13.9 Å². The molecule has 0 aliphatic heterocycles. The molecule has 0 fully saturated rings. The van der Waals surface area contributed by atoms with Crippen LogP contribution in [0.3, 0.4) is 0 Å². The molecule has 1 unspecified atom stereocenters. The molecule has 1 aromatic carbocycles. The van der Waals surface area contributed by atoms with Gasteiger partial charge in [0.2, 0.25) is 0 Å². The van der Waals surface area contributed by atoms with Gasteiger partial charge in [0, 0.05) is 11.1 Å². The van der Waals surface area contributed by atoms with Crippen LogP contribution in [-0.2, 0) is 0 Å². The van der Waals surface area contributed by atoms with E-state index in [0.29, 0.717) is 11.5 Å². The van der Waals surface area contributed by atoms with Crippen LogP contribution in [0.2, 0.25) is 0 Å². The Morgan fingerprint density at radius 3 is 2.42 bits per heavy atom. The van der Waals surface area contributed by atoms with Crippen molar-refractivity contribution in [2.45, 2.75) is 13.0 Å². The van der Waals surface area contributed by atoms with Crippen molar-refractivity contribution in [2.75, 3.05) is 14.2 Å². The second-order valence-corrected chi connectivity index (χ2v) is 4.91. The molecule has 5 heteroatoms. The van der Waals surface area contributed by atoms with E-state index < -0.39 is 0 Å². The molecule has 1 aromatic heterocycles. The number of hydrogen-bond acceptors (Lipinski definition) is 4. The van der Waals surface area contributed by atoms with Crippen LogP contribution >= 0.6 is 15.9 Å². The van der Waals surface area contributed by atoms with Gasteiger partial charge in [-0.1, -0.05) is 0 Å². The maximum Gasteiger partial charge on any atom is 0.141 e. The predicted octanol–water partition coefficient (Wildman–Crippen LogP) is 3.42. The molecule has 0 amide bonds. The molecular weight excluding hydrogens is 310 g/mol. The summed E-state index contributed by atoms with van der Waals surface area (Å²) >= 11 is 3.47. The Bertz CT molecular complexity index is 580. The van der Waals surface area contributed by atoms with Crippen LogP contribution in [0.1, 0.15) is 22.9 Å². The zero-order valence-corrected chi connectivity index (χ0v) is 12.7. The summed E-state index contributed by atoms with van der Waals surface area (Å²) in [4.78, 5) is 0. The smallest absolute Gasteiger partial charge is 0.141 e. The Hall–Kier alpha value is -1.46. The SMILES string of the molecule is COc1ccc(C(N)c2ccoc2C)c(OC)c1Br. The molecule has 0 spiro atoms. The fraction of sp³-hybridized carbons (Fsp3) is 0.286. The molecule has 2 N–H and O–H groups in total. The minimum atomic E-state index is -0.309. The maximum absolute atomic E-state index is 6.30. The fourth-order valence-corrected chi connectivity index (χ4v) is 2.73. The van der Waals surface area contributed by atoms with Gasteiger partial charge < -0.3 is 19.6 Å². The Kier molecular flexibility index (Phi) is 4.17. The number of aryl methyl sites for hydroxylation is 1. The van der Waals surface area contributed by atoms with E-state index in [1.54, 1.807) is 20.5 Å². The van der Waals surface area contributed by atoms with Gasteiger partial charge in [-0.05, 0) is 41.1 Å². The molecule has 102 valence electrons. The van der Waals surface area contributed by atoms with Gasteiger partial charge in [0.05, 0.1) is 26.5 Å². The Morgan fingerprint density at radius 1 is 1.16 bits per heavy atom. The highest BCUT2D eigenvalue weighted by molar-refractivity contribution is 9.10. The monoisotopic (exact) mass is 325 g/mol. The molecule has 4 nitrogen and oxygen atoms in total. The van der Waals surface area contributed by atoms with Gasteiger partial charge in [-0.3, -0.25) is 0 Å². The number of rotatable bonds is 4. The molecule has 0 aliphatic rings. The van der Waals surface area contributed by atoms with Gasteiger partial charge >= 0.3 is 0 Å². The van der Waals surface area contributed by atoms with Gasteiger partial charge in [-0.2, -0.15) is 0 Å². The quantitative estimate of drug-likeness (QED) is 0.935. The predicted molar refractivity (Wildman–Crippen MR) is 76.7 cm³/mol. The summed E-state index contributed by atoms with van der Waals surface area (Å²) in [5, 5.41) is 0. The second kappa shape index (κ2) is 5.67. The largest absolute Gasteiger partial charge is 0.495 e. The van der Waals surface area contributed by atoms with Gasteiger partial charge in [0.15, 0.2) is 0 Å². The third kappa shape index (κ3) is 2.48. The number of benzene rings is 1. The van der Waals surface area contributed by atoms with Crippen LogP contribution in [0.25, 0.3) is 0 Å². The molecular formula is C14H16BrNO3. The van der Waals surface area contributed by atoms with E-state index >= 15 is 0 Å². The van der Waals surface area contributed by atoms with Crippen LogP contribution in [0.4, 0.5) is 0 Å². The minimum Gasteiger partial charge on any atom is -0.495 e. The lowest BCUT2D eigenvalue weighted by atomic mass is 9.99. The summed E-state index contributed by atoms with van der Waals surface area (Å²) < 4.78 is 16.7. The number of nitrogens with two attached hydrogens (primary N) is 1. The summed E-state index contributed by atoms with van der Waals surface area (Å²) in [6.45, 7) is 1.89. The highest BCUT2D eigenvalue weighted by Crippen LogP contribution is 2.40. The first-order valence-electron chi connectivity index (χ1n) is 5.80. The third-order valence-corrected chi connectivity index (χ3v) is 3.84. The molecule has 2 rings (SSSR count). The van der Waals surface area contributed by atoms with E-state index in [-0.39, 0.29) is 6.04 Å². The zero-order valence-electron chi connectivity index (χ0n) is 11.1. The van der Waals surface area contributed by atoms with E-state index in [0.717, 1.165) is 21.4 Å². The second-order valence-electron chi connectivity index (χ2n) is 4.11. The van der Waals surface area contributed by atoms with Crippen LogP contribution in [0, 0.1) is 6.92 Å². The summed E-state index contributed by atoms with van der Waals surface area (Å²) in [5.74, 6) is 2.19. The molecule has 0 bridgehead atoms. The normalized spacial score (nSPS) is 12.3. The first-order valence-corrected chi connectivity index (χ1v) is 6.59. The summed E-state index contributed by atoms with van der Waals surface area (Å²) in [6.07, 6.45) is 1.63. The summed E-state index contributed by atoms with van der Waals surface area (Å²) in [5.41, 5.74) is 8.11. The first kappa shape index (κ1) is 14.0. The Labute approximate surface area is 120 Å². The molecule has 1 heterocycles. The average molecular weight is 326 g/mol. The number of hydrogen-bond donors (Lipinski definition) is 1. The molecule has 0 aliphatic carbocycles. The number of halogens is 1. The van der Waals surface area contributed by atoms with E-state index in [4.69, 9.17) is 19.6 Å². The number of methoxy groups -OCH3 is 2. The van der Waals surface area contributed by atoms with E-state index in [1.165, 1.54) is 0 Å². The Balaban J connectivity index is 2.51. The van der Waals surface area contributed by atoms with Crippen LogP contribution in [0.15, 0.2) is 33.4 Å². The lowest BCUT2D eigenvalue weighted by molar-refractivity contribution is 0.385. The molecule has 0 saturated carbocycles. The number of furan rings is 1. The van der Waals surface area contributed by atoms with E-state index in [2.05, 4.69) is 15.9 Å². The highest BCUT2D eigenvalue weighted by atomic mass is 79.9. The van der Waals surface area contributed by atoms with Crippen LogP contribution in [0.5, 0.6) is 11.5 Å². The highest BCUT2D eigenvalue weighted by Gasteiger charge is 2.21. The average Bonchev–Trinajstić information content (AvgIpc) is 2.83. The summed E-state index contributed by atoms with van der Waals surface area (Å²) in [7, 11) is 3.22. The van der Waals surface area contributed by atoms with E-state index in [9.17, 15) is 0 Å². The first-order chi connectivity index (χ1) is 9.10. The van der Waals surface area contributed by atoms with Crippen molar-refractivity contribution in [1.29, 1.82) is 0 Å². The van der Waals surface area contributed by atoms with Crippen molar-refractivity contribution in [3.63, 3.8) is 0 Å². The van der Waals surface area contributed by atoms with Crippen molar-refractivity contribution >= 4 is 15.9 Å². The van der Waals surface area contributed by atoms with Crippen LogP contribution in [-0.4, -0.2) is 14.2 Å². The van der Waals surface area contributed by atoms with Gasteiger partial charge in [0.1, 0.15) is 21.7 Å². The van der Waals surface area contributed by atoms with Crippen molar-refractivity contribution in [1.82, 2.24) is 0 Å². The van der Waals surface area contributed by atoms with Gasteiger partial charge in [0.25, 0.3) is 0 Å². The molecule has 19 heavy (non-hydrogen) atoms. The molecule has 1 atom stereocenters. The topological polar surface area (TPSA) is 57.6 Å². The lowest BCUT2D eigenvalue weighted by Gasteiger charge is -2.18. The Morgan fingerprint density at radius 2 is 1.89 bits per heavy atom. The number of ether oxygens (including phenoxy) is 2. The minimum absolute atomic E-state index is 0.309. The van der Waals surface area contributed by atoms with Crippen molar-refractivity contribution in [3.05, 3.63) is 45.8 Å². The molecule has 0 radical (unpaired) electrons. The molecule has 2 aromatic rings. The molecule has 0 saturated heterocycles. The van der Waals surface area contributed by atoms with E-state index in [1.807, 2.05) is 25.1 Å². The maximum atomic E-state index is 6.30. The zero-order chi connectivity index (χ0) is 14.0. The van der Waals surface area contributed by atoms with Gasteiger partial charge in [-0.25, -0.2) is 0 Å². The lowest BCUT2D eigenvalue weighted by Crippen LogP contribution is -2.13. The van der Waals surface area contributed by atoms with Gasteiger partial charge in [-0.15, -0.1) is 0 Å². The van der Waals surface area contributed by atoms with Crippen LogP contribution < -0.4 is 15.2 Å². The summed E-state index contributed by atoms with van der Waals surface area (Å²) in [6, 6.07) is 5.32.